The molecule has 4 heteroatoms. The van der Waals surface area contributed by atoms with Gasteiger partial charge >= 0.3 is 0 Å². The van der Waals surface area contributed by atoms with E-state index in [2.05, 4.69) is 19.9 Å². The fourth-order valence-corrected chi connectivity index (χ4v) is 3.42. The van der Waals surface area contributed by atoms with Gasteiger partial charge in [-0.05, 0) is 30.4 Å². The van der Waals surface area contributed by atoms with E-state index in [1.54, 1.807) is 4.90 Å². The van der Waals surface area contributed by atoms with E-state index in [1.807, 2.05) is 23.1 Å². The highest BCUT2D eigenvalue weighted by Crippen LogP contribution is 2.31. The van der Waals surface area contributed by atoms with Gasteiger partial charge in [0.1, 0.15) is 6.04 Å². The summed E-state index contributed by atoms with van der Waals surface area (Å²) in [5.74, 6) is 0.564. The molecule has 0 N–H and O–H groups in total. The number of carbonyl (C=O) groups excluding carboxylic acids is 2. The van der Waals surface area contributed by atoms with E-state index in [9.17, 15) is 9.59 Å². The molecule has 0 aliphatic carbocycles. The molecule has 0 bridgehead atoms. The van der Waals surface area contributed by atoms with Crippen LogP contribution in [0.4, 0.5) is 5.69 Å². The molecule has 1 atom stereocenters. The number of nitrogens with zero attached hydrogens (tertiary/aromatic N) is 2. The molecule has 21 heavy (non-hydrogen) atoms. The van der Waals surface area contributed by atoms with Crippen molar-refractivity contribution in [3.05, 3.63) is 29.8 Å². The van der Waals surface area contributed by atoms with Gasteiger partial charge in [0.25, 0.3) is 0 Å². The number of rotatable bonds is 2. The number of benzene rings is 1. The van der Waals surface area contributed by atoms with E-state index in [4.69, 9.17) is 0 Å². The summed E-state index contributed by atoms with van der Waals surface area (Å²) in [7, 11) is 0. The molecular weight excluding hydrogens is 264 g/mol. The quantitative estimate of drug-likeness (QED) is 0.838. The summed E-state index contributed by atoms with van der Waals surface area (Å²) in [6, 6.07) is 7.80. The Balaban J connectivity index is 1.98. The Morgan fingerprint density at radius 3 is 2.67 bits per heavy atom. The van der Waals surface area contributed by atoms with Crippen LogP contribution in [0.15, 0.2) is 24.3 Å². The van der Waals surface area contributed by atoms with Crippen molar-refractivity contribution in [3.8, 4) is 0 Å². The predicted molar refractivity (Wildman–Crippen MR) is 82.2 cm³/mol. The van der Waals surface area contributed by atoms with Gasteiger partial charge in [0.2, 0.25) is 11.8 Å². The lowest BCUT2D eigenvalue weighted by Gasteiger charge is -2.27. The van der Waals surface area contributed by atoms with Crippen LogP contribution in [0.25, 0.3) is 0 Å². The van der Waals surface area contributed by atoms with Crippen LogP contribution >= 0.6 is 0 Å². The van der Waals surface area contributed by atoms with E-state index >= 15 is 0 Å². The van der Waals surface area contributed by atoms with Crippen molar-refractivity contribution >= 4 is 17.5 Å². The first-order valence-electron chi connectivity index (χ1n) is 7.79. The lowest BCUT2D eigenvalue weighted by molar-refractivity contribution is -0.135. The third-order valence-corrected chi connectivity index (χ3v) is 4.52. The second-order valence-electron chi connectivity index (χ2n) is 6.20. The zero-order chi connectivity index (χ0) is 15.0. The molecule has 2 saturated heterocycles. The Kier molecular flexibility index (Phi) is 3.70. The fraction of sp³-hybridized carbons (Fsp3) is 0.529. The Morgan fingerprint density at radius 1 is 1.14 bits per heavy atom. The number of anilines is 1. The molecule has 112 valence electrons. The largest absolute Gasteiger partial charge is 0.331 e. The third kappa shape index (κ3) is 2.43. The summed E-state index contributed by atoms with van der Waals surface area (Å²) in [5.41, 5.74) is 2.14. The van der Waals surface area contributed by atoms with Gasteiger partial charge in [-0.1, -0.05) is 32.0 Å². The molecule has 2 aliphatic rings. The van der Waals surface area contributed by atoms with Gasteiger partial charge in [-0.2, -0.15) is 0 Å². The Bertz CT molecular complexity index is 568. The lowest BCUT2D eigenvalue weighted by atomic mass is 10.00. The van der Waals surface area contributed by atoms with Crippen LogP contribution in [-0.4, -0.2) is 35.8 Å². The monoisotopic (exact) mass is 286 g/mol. The summed E-state index contributed by atoms with van der Waals surface area (Å²) in [6.45, 7) is 5.49. The Labute approximate surface area is 125 Å². The van der Waals surface area contributed by atoms with Crippen LogP contribution in [0.5, 0.6) is 0 Å². The van der Waals surface area contributed by atoms with Crippen LogP contribution in [-0.2, 0) is 9.59 Å². The van der Waals surface area contributed by atoms with Crippen molar-refractivity contribution in [2.24, 2.45) is 0 Å². The van der Waals surface area contributed by atoms with Gasteiger partial charge in [-0.3, -0.25) is 9.59 Å². The van der Waals surface area contributed by atoms with Crippen LogP contribution in [0.2, 0.25) is 0 Å². The van der Waals surface area contributed by atoms with Gasteiger partial charge in [0.15, 0.2) is 0 Å². The molecule has 2 fully saturated rings. The minimum Gasteiger partial charge on any atom is -0.331 e. The Hall–Kier alpha value is -1.84. The summed E-state index contributed by atoms with van der Waals surface area (Å²) >= 11 is 0. The molecule has 0 radical (unpaired) electrons. The molecule has 0 aromatic heterocycles. The smallest absolute Gasteiger partial charge is 0.249 e. The molecule has 2 heterocycles. The molecule has 2 amide bonds. The summed E-state index contributed by atoms with van der Waals surface area (Å²) in [4.78, 5) is 28.7. The van der Waals surface area contributed by atoms with Crippen LogP contribution in [0.3, 0.4) is 0 Å². The molecule has 1 unspecified atom stereocenters. The Morgan fingerprint density at radius 2 is 1.90 bits per heavy atom. The van der Waals surface area contributed by atoms with Crippen molar-refractivity contribution in [1.29, 1.82) is 0 Å². The third-order valence-electron chi connectivity index (χ3n) is 4.52. The van der Waals surface area contributed by atoms with E-state index in [1.165, 1.54) is 5.56 Å². The molecule has 2 aliphatic heterocycles. The van der Waals surface area contributed by atoms with Crippen LogP contribution in [0.1, 0.15) is 44.6 Å². The second-order valence-corrected chi connectivity index (χ2v) is 6.20. The maximum Gasteiger partial charge on any atom is 0.249 e. The van der Waals surface area contributed by atoms with E-state index in [0.29, 0.717) is 18.9 Å². The first kappa shape index (κ1) is 14.1. The van der Waals surface area contributed by atoms with E-state index < -0.39 is 0 Å². The van der Waals surface area contributed by atoms with Crippen molar-refractivity contribution in [2.45, 2.75) is 45.1 Å². The van der Waals surface area contributed by atoms with Crippen LogP contribution < -0.4 is 4.90 Å². The molecule has 3 rings (SSSR count). The van der Waals surface area contributed by atoms with Gasteiger partial charge in [0, 0.05) is 25.2 Å². The molecule has 1 aromatic carbocycles. The highest BCUT2D eigenvalue weighted by Gasteiger charge is 2.40. The van der Waals surface area contributed by atoms with E-state index in [0.717, 1.165) is 25.1 Å². The van der Waals surface area contributed by atoms with Crippen molar-refractivity contribution in [2.75, 3.05) is 18.0 Å². The number of amides is 2. The number of para-hydroxylation sites is 1. The van der Waals surface area contributed by atoms with Gasteiger partial charge in [-0.25, -0.2) is 0 Å². The molecular formula is C17H22N2O2. The maximum atomic E-state index is 12.9. The minimum absolute atomic E-state index is 0.0893. The number of fused-ring (bicyclic) bond motifs is 1. The molecule has 1 aromatic rings. The summed E-state index contributed by atoms with van der Waals surface area (Å²) in [6.07, 6.45) is 2.15. The second kappa shape index (κ2) is 5.51. The standard InChI is InChI=1S/C17H22N2O2/c1-12(2)13-6-3-4-7-14(13)19-11-9-16(20)18-10-5-8-15(18)17(19)21/h3-4,6-7,12,15H,5,8-11H2,1-2H3. The number of hydrogen-bond acceptors (Lipinski definition) is 2. The molecule has 0 spiro atoms. The van der Waals surface area contributed by atoms with E-state index in [-0.39, 0.29) is 17.9 Å². The highest BCUT2D eigenvalue weighted by molar-refractivity contribution is 6.02. The molecule has 0 saturated carbocycles. The molecule has 4 nitrogen and oxygen atoms in total. The maximum absolute atomic E-state index is 12.9. The van der Waals surface area contributed by atoms with Crippen molar-refractivity contribution in [3.63, 3.8) is 0 Å². The lowest BCUT2D eigenvalue weighted by Crippen LogP contribution is -2.44. The summed E-state index contributed by atoms with van der Waals surface area (Å²) < 4.78 is 0. The number of hydrogen-bond donors (Lipinski definition) is 0. The van der Waals surface area contributed by atoms with Crippen molar-refractivity contribution < 1.29 is 9.59 Å². The van der Waals surface area contributed by atoms with Crippen molar-refractivity contribution in [1.82, 2.24) is 4.90 Å². The summed E-state index contributed by atoms with van der Waals surface area (Å²) in [5, 5.41) is 0. The van der Waals surface area contributed by atoms with Gasteiger partial charge < -0.3 is 9.80 Å². The van der Waals surface area contributed by atoms with Gasteiger partial charge in [-0.15, -0.1) is 0 Å². The first-order chi connectivity index (χ1) is 10.1. The average Bonchev–Trinajstić information content (AvgIpc) is 2.93. The van der Waals surface area contributed by atoms with Crippen LogP contribution in [0, 0.1) is 0 Å². The van der Waals surface area contributed by atoms with Gasteiger partial charge in [0.05, 0.1) is 0 Å². The fourth-order valence-electron chi connectivity index (χ4n) is 3.42. The normalized spacial score (nSPS) is 22.7. The first-order valence-corrected chi connectivity index (χ1v) is 7.79. The zero-order valence-corrected chi connectivity index (χ0v) is 12.7. The SMILES string of the molecule is CC(C)c1ccccc1N1CCC(=O)N2CCCC2C1=O. The average molecular weight is 286 g/mol. The highest BCUT2D eigenvalue weighted by atomic mass is 16.2. The minimum atomic E-state index is -0.250. The zero-order valence-electron chi connectivity index (χ0n) is 12.7. The number of carbonyl (C=O) groups is 2. The topological polar surface area (TPSA) is 40.6 Å². The predicted octanol–water partition coefficient (Wildman–Crippen LogP) is 2.54.